The number of benzene rings is 1. The third-order valence-electron chi connectivity index (χ3n) is 1.65. The van der Waals surface area contributed by atoms with Crippen LogP contribution in [0.3, 0.4) is 0 Å². The van der Waals surface area contributed by atoms with Crippen molar-refractivity contribution in [2.24, 2.45) is 0 Å². The third-order valence-corrected chi connectivity index (χ3v) is 1.65. The van der Waals surface area contributed by atoms with Crippen LogP contribution in [0, 0.1) is 11.6 Å². The van der Waals surface area contributed by atoms with E-state index in [1.54, 1.807) is 0 Å². The lowest BCUT2D eigenvalue weighted by atomic mass is 10.1. The number of ketones is 1. The standard InChI is InChI=1S/C10H8F2O3/c1-6(13)15-5-10(14)7-2-3-8(11)9(12)4-7/h2-4H,5H2,1H3. The average molecular weight is 214 g/mol. The Hall–Kier alpha value is -1.78. The van der Waals surface area contributed by atoms with Crippen molar-refractivity contribution in [2.75, 3.05) is 6.61 Å². The third kappa shape index (κ3) is 3.12. The molecule has 0 radical (unpaired) electrons. The first kappa shape index (κ1) is 11.3. The van der Waals surface area contributed by atoms with E-state index in [0.29, 0.717) is 0 Å². The number of carbonyl (C=O) groups is 2. The molecule has 0 spiro atoms. The lowest BCUT2D eigenvalue weighted by Crippen LogP contribution is -2.12. The number of rotatable bonds is 3. The summed E-state index contributed by atoms with van der Waals surface area (Å²) in [6, 6.07) is 2.74. The maximum atomic E-state index is 12.7. The van der Waals surface area contributed by atoms with Crippen molar-refractivity contribution in [1.29, 1.82) is 0 Å². The van der Waals surface area contributed by atoms with Crippen LogP contribution in [-0.2, 0) is 9.53 Å². The maximum absolute atomic E-state index is 12.7. The molecule has 1 aromatic rings. The van der Waals surface area contributed by atoms with E-state index in [4.69, 9.17) is 0 Å². The van der Waals surface area contributed by atoms with E-state index in [-0.39, 0.29) is 5.56 Å². The van der Waals surface area contributed by atoms with Crippen molar-refractivity contribution in [2.45, 2.75) is 6.92 Å². The molecule has 15 heavy (non-hydrogen) atoms. The SMILES string of the molecule is CC(=O)OCC(=O)c1ccc(F)c(F)c1. The Morgan fingerprint density at radius 1 is 1.27 bits per heavy atom. The summed E-state index contributed by atoms with van der Waals surface area (Å²) in [4.78, 5) is 21.6. The number of esters is 1. The molecule has 0 N–H and O–H groups in total. The van der Waals surface area contributed by atoms with E-state index in [1.165, 1.54) is 0 Å². The normalized spacial score (nSPS) is 9.80. The smallest absolute Gasteiger partial charge is 0.303 e. The number of carbonyl (C=O) groups excluding carboxylic acids is 2. The van der Waals surface area contributed by atoms with E-state index in [1.807, 2.05) is 0 Å². The first-order chi connectivity index (χ1) is 7.00. The summed E-state index contributed by atoms with van der Waals surface area (Å²) < 4.78 is 29.6. The quantitative estimate of drug-likeness (QED) is 0.568. The average Bonchev–Trinajstić information content (AvgIpc) is 2.18. The first-order valence-electron chi connectivity index (χ1n) is 4.12. The summed E-state index contributed by atoms with van der Waals surface area (Å²) in [5, 5.41) is 0. The monoisotopic (exact) mass is 214 g/mol. The van der Waals surface area contributed by atoms with E-state index in [9.17, 15) is 18.4 Å². The minimum absolute atomic E-state index is 0.0323. The molecule has 0 aliphatic rings. The van der Waals surface area contributed by atoms with Gasteiger partial charge in [-0.15, -0.1) is 0 Å². The van der Waals surface area contributed by atoms with Gasteiger partial charge in [0.25, 0.3) is 0 Å². The Morgan fingerprint density at radius 2 is 1.93 bits per heavy atom. The van der Waals surface area contributed by atoms with Crippen LogP contribution in [0.15, 0.2) is 18.2 Å². The van der Waals surface area contributed by atoms with Gasteiger partial charge in [0.15, 0.2) is 24.0 Å². The summed E-state index contributed by atoms with van der Waals surface area (Å²) in [6.07, 6.45) is 0. The molecular formula is C10H8F2O3. The second kappa shape index (κ2) is 4.63. The summed E-state index contributed by atoms with van der Waals surface area (Å²) >= 11 is 0. The van der Waals surface area contributed by atoms with Crippen molar-refractivity contribution in [3.05, 3.63) is 35.4 Å². The fourth-order valence-electron chi connectivity index (χ4n) is 0.920. The maximum Gasteiger partial charge on any atom is 0.303 e. The molecule has 0 heterocycles. The van der Waals surface area contributed by atoms with Gasteiger partial charge in [-0.05, 0) is 18.2 Å². The highest BCUT2D eigenvalue weighted by Crippen LogP contribution is 2.09. The molecule has 1 aromatic carbocycles. The molecule has 0 bridgehead atoms. The summed E-state index contributed by atoms with van der Waals surface area (Å²) in [5.41, 5.74) is -0.0323. The molecule has 3 nitrogen and oxygen atoms in total. The van der Waals surface area contributed by atoms with E-state index < -0.39 is 30.0 Å². The highest BCUT2D eigenvalue weighted by molar-refractivity contribution is 5.97. The molecule has 1 rings (SSSR count). The van der Waals surface area contributed by atoms with Crippen molar-refractivity contribution in [1.82, 2.24) is 0 Å². The predicted octanol–water partition coefficient (Wildman–Crippen LogP) is 1.71. The minimum atomic E-state index is -1.11. The molecule has 0 fully saturated rings. The van der Waals surface area contributed by atoms with Crippen LogP contribution in [0.25, 0.3) is 0 Å². The van der Waals surface area contributed by atoms with E-state index >= 15 is 0 Å². The Kier molecular flexibility index (Phi) is 3.49. The number of Topliss-reactive ketones (excluding diaryl/α,β-unsaturated/α-hetero) is 1. The van der Waals surface area contributed by atoms with Crippen molar-refractivity contribution in [3.63, 3.8) is 0 Å². The summed E-state index contributed by atoms with van der Waals surface area (Å²) in [5.74, 6) is -3.32. The second-order valence-corrected chi connectivity index (χ2v) is 2.83. The number of ether oxygens (including phenoxy) is 1. The fourth-order valence-corrected chi connectivity index (χ4v) is 0.920. The number of hydrogen-bond acceptors (Lipinski definition) is 3. The largest absolute Gasteiger partial charge is 0.457 e. The fraction of sp³-hybridized carbons (Fsp3) is 0.200. The molecule has 0 unspecified atom stereocenters. The van der Waals surface area contributed by atoms with Crippen LogP contribution < -0.4 is 0 Å². The number of halogens is 2. The van der Waals surface area contributed by atoms with Crippen LogP contribution in [0.2, 0.25) is 0 Å². The molecule has 0 aliphatic heterocycles. The Labute approximate surface area is 84.7 Å². The topological polar surface area (TPSA) is 43.4 Å². The van der Waals surface area contributed by atoms with E-state index in [2.05, 4.69) is 4.74 Å². The van der Waals surface area contributed by atoms with Crippen molar-refractivity contribution in [3.8, 4) is 0 Å². The zero-order valence-electron chi connectivity index (χ0n) is 7.92. The lowest BCUT2D eigenvalue weighted by Gasteiger charge is -2.01. The van der Waals surface area contributed by atoms with Gasteiger partial charge in [-0.2, -0.15) is 0 Å². The Bertz CT molecular complexity index is 402. The van der Waals surface area contributed by atoms with Gasteiger partial charge in [0, 0.05) is 12.5 Å². The van der Waals surface area contributed by atoms with Gasteiger partial charge < -0.3 is 4.74 Å². The zero-order chi connectivity index (χ0) is 11.4. The van der Waals surface area contributed by atoms with Gasteiger partial charge in [0.1, 0.15) is 0 Å². The van der Waals surface area contributed by atoms with Gasteiger partial charge in [-0.1, -0.05) is 0 Å². The molecule has 0 amide bonds. The summed E-state index contributed by atoms with van der Waals surface area (Å²) in [7, 11) is 0. The van der Waals surface area contributed by atoms with E-state index in [0.717, 1.165) is 25.1 Å². The van der Waals surface area contributed by atoms with Crippen LogP contribution in [0.1, 0.15) is 17.3 Å². The van der Waals surface area contributed by atoms with Crippen LogP contribution in [-0.4, -0.2) is 18.4 Å². The van der Waals surface area contributed by atoms with Crippen LogP contribution in [0.4, 0.5) is 8.78 Å². The van der Waals surface area contributed by atoms with Gasteiger partial charge in [-0.25, -0.2) is 8.78 Å². The molecule has 0 atom stereocenters. The highest BCUT2D eigenvalue weighted by atomic mass is 19.2. The van der Waals surface area contributed by atoms with Gasteiger partial charge in [0.05, 0.1) is 0 Å². The predicted molar refractivity (Wildman–Crippen MR) is 47.3 cm³/mol. The van der Waals surface area contributed by atoms with Crippen LogP contribution in [0.5, 0.6) is 0 Å². The molecule has 0 aromatic heterocycles. The second-order valence-electron chi connectivity index (χ2n) is 2.83. The Morgan fingerprint density at radius 3 is 2.47 bits per heavy atom. The molecule has 0 aliphatic carbocycles. The Balaban J connectivity index is 2.74. The van der Waals surface area contributed by atoms with Gasteiger partial charge in [0.2, 0.25) is 0 Å². The highest BCUT2D eigenvalue weighted by Gasteiger charge is 2.10. The number of hydrogen-bond donors (Lipinski definition) is 0. The molecule has 0 saturated heterocycles. The van der Waals surface area contributed by atoms with Crippen molar-refractivity contribution >= 4 is 11.8 Å². The lowest BCUT2D eigenvalue weighted by molar-refractivity contribution is -0.139. The zero-order valence-corrected chi connectivity index (χ0v) is 7.92. The van der Waals surface area contributed by atoms with Crippen LogP contribution >= 0.6 is 0 Å². The van der Waals surface area contributed by atoms with Gasteiger partial charge in [-0.3, -0.25) is 9.59 Å². The molecule has 80 valence electrons. The molecular weight excluding hydrogens is 206 g/mol. The molecule has 0 saturated carbocycles. The van der Waals surface area contributed by atoms with Crippen molar-refractivity contribution < 1.29 is 23.1 Å². The van der Waals surface area contributed by atoms with Gasteiger partial charge >= 0.3 is 5.97 Å². The molecule has 5 heteroatoms. The summed E-state index contributed by atoms with van der Waals surface area (Å²) in [6.45, 7) is 0.679. The minimum Gasteiger partial charge on any atom is -0.457 e. The first-order valence-corrected chi connectivity index (χ1v) is 4.12.